The number of aromatic nitrogens is 1. The molecule has 0 unspecified atom stereocenters. The van der Waals surface area contributed by atoms with Gasteiger partial charge in [0.25, 0.3) is 5.91 Å². The van der Waals surface area contributed by atoms with E-state index in [4.69, 9.17) is 14.5 Å². The number of nitrogens with zero attached hydrogens (tertiary/aromatic N) is 2. The van der Waals surface area contributed by atoms with Gasteiger partial charge in [-0.3, -0.25) is 4.79 Å². The highest BCUT2D eigenvalue weighted by molar-refractivity contribution is 6.07. The molecule has 40 heavy (non-hydrogen) atoms. The van der Waals surface area contributed by atoms with E-state index in [0.717, 1.165) is 71.9 Å². The van der Waals surface area contributed by atoms with Crippen molar-refractivity contribution >= 4 is 16.8 Å². The van der Waals surface area contributed by atoms with E-state index in [0.29, 0.717) is 5.56 Å². The number of amides is 1. The van der Waals surface area contributed by atoms with Gasteiger partial charge in [0.05, 0.1) is 43.0 Å². The van der Waals surface area contributed by atoms with Crippen molar-refractivity contribution in [2.45, 2.75) is 6.54 Å². The number of piperazine rings is 1. The standard InChI is InChI=1S/C34H29N3O3/c38-34(37-18-16-36(17-19-37)22-24-10-15-32-33(20-24)40-23-39-32)29-21-31(35-30-9-5-4-8-28(29)30)27-13-11-26(12-14-27)25-6-2-1-3-7-25/h1-15,20-21H,16-19,22-23H2/p+1. The minimum absolute atomic E-state index is 0.0721. The Labute approximate surface area is 233 Å². The van der Waals surface area contributed by atoms with Gasteiger partial charge in [-0.05, 0) is 41.5 Å². The Morgan fingerprint density at radius 1 is 0.750 bits per heavy atom. The fourth-order valence-corrected chi connectivity index (χ4v) is 5.68. The van der Waals surface area contributed by atoms with Crippen LogP contribution in [0.5, 0.6) is 11.5 Å². The van der Waals surface area contributed by atoms with Gasteiger partial charge in [0.1, 0.15) is 6.54 Å². The molecular weight excluding hydrogens is 498 g/mol. The average Bonchev–Trinajstić information content (AvgIpc) is 3.49. The molecule has 1 fully saturated rings. The van der Waals surface area contributed by atoms with Gasteiger partial charge in [0.2, 0.25) is 6.79 Å². The van der Waals surface area contributed by atoms with Crippen molar-refractivity contribution in [1.82, 2.24) is 9.88 Å². The second-order valence-electron chi connectivity index (χ2n) is 10.4. The summed E-state index contributed by atoms with van der Waals surface area (Å²) in [5, 5.41) is 0.896. The van der Waals surface area contributed by atoms with Crippen molar-refractivity contribution in [2.75, 3.05) is 33.0 Å². The molecule has 0 spiro atoms. The van der Waals surface area contributed by atoms with Crippen molar-refractivity contribution in [2.24, 2.45) is 0 Å². The Bertz CT molecular complexity index is 1680. The summed E-state index contributed by atoms with van der Waals surface area (Å²) in [5.74, 6) is 1.70. The van der Waals surface area contributed by atoms with Crippen molar-refractivity contribution in [1.29, 1.82) is 0 Å². The molecule has 1 aromatic heterocycles. The number of nitrogens with one attached hydrogen (secondary N) is 1. The van der Waals surface area contributed by atoms with Gasteiger partial charge in [0, 0.05) is 16.5 Å². The molecule has 5 aromatic rings. The molecule has 6 heteroatoms. The Hall–Kier alpha value is -4.68. The number of quaternary nitrogens is 1. The zero-order valence-electron chi connectivity index (χ0n) is 22.2. The number of benzene rings is 4. The topological polar surface area (TPSA) is 56.1 Å². The van der Waals surface area contributed by atoms with Crippen LogP contribution in [0.3, 0.4) is 0 Å². The number of hydrogen-bond acceptors (Lipinski definition) is 4. The summed E-state index contributed by atoms with van der Waals surface area (Å²) >= 11 is 0. The van der Waals surface area contributed by atoms with Crippen LogP contribution in [0.2, 0.25) is 0 Å². The first kappa shape index (κ1) is 24.4. The minimum atomic E-state index is 0.0721. The number of ether oxygens (including phenoxy) is 2. The molecule has 1 saturated heterocycles. The predicted molar refractivity (Wildman–Crippen MR) is 155 cm³/mol. The highest BCUT2D eigenvalue weighted by Crippen LogP contribution is 2.32. The van der Waals surface area contributed by atoms with Crippen LogP contribution in [0.1, 0.15) is 15.9 Å². The maximum atomic E-state index is 13.9. The number of hydrogen-bond donors (Lipinski definition) is 1. The van der Waals surface area contributed by atoms with Gasteiger partial charge in [-0.1, -0.05) is 72.8 Å². The highest BCUT2D eigenvalue weighted by atomic mass is 16.7. The third-order valence-corrected chi connectivity index (χ3v) is 7.88. The van der Waals surface area contributed by atoms with Crippen LogP contribution in [0.4, 0.5) is 0 Å². The van der Waals surface area contributed by atoms with Gasteiger partial charge < -0.3 is 19.3 Å². The first-order chi connectivity index (χ1) is 19.7. The normalized spacial score (nSPS) is 14.9. The molecule has 0 radical (unpaired) electrons. The molecule has 2 aliphatic rings. The molecule has 0 atom stereocenters. The lowest BCUT2D eigenvalue weighted by atomic mass is 10.00. The molecular formula is C34H30N3O3+. The highest BCUT2D eigenvalue weighted by Gasteiger charge is 2.27. The summed E-state index contributed by atoms with van der Waals surface area (Å²) in [6, 6.07) is 34.8. The van der Waals surface area contributed by atoms with E-state index in [1.54, 1.807) is 0 Å². The van der Waals surface area contributed by atoms with E-state index in [2.05, 4.69) is 48.5 Å². The summed E-state index contributed by atoms with van der Waals surface area (Å²) < 4.78 is 11.0. The van der Waals surface area contributed by atoms with Crippen molar-refractivity contribution < 1.29 is 19.2 Å². The maximum absolute atomic E-state index is 13.9. The van der Waals surface area contributed by atoms with Gasteiger partial charge in [-0.15, -0.1) is 0 Å². The molecule has 1 N–H and O–H groups in total. The molecule has 0 aliphatic carbocycles. The van der Waals surface area contributed by atoms with Gasteiger partial charge in [0.15, 0.2) is 11.5 Å². The molecule has 0 bridgehead atoms. The molecule has 2 aliphatic heterocycles. The number of para-hydroxylation sites is 1. The Morgan fingerprint density at radius 3 is 2.27 bits per heavy atom. The zero-order chi connectivity index (χ0) is 26.9. The lowest BCUT2D eigenvalue weighted by Crippen LogP contribution is -3.13. The lowest BCUT2D eigenvalue weighted by Gasteiger charge is -2.32. The van der Waals surface area contributed by atoms with Crippen LogP contribution in [-0.2, 0) is 6.54 Å². The average molecular weight is 529 g/mol. The summed E-state index contributed by atoms with van der Waals surface area (Å²) in [5.41, 5.74) is 6.92. The Balaban J connectivity index is 1.10. The van der Waals surface area contributed by atoms with Crippen LogP contribution >= 0.6 is 0 Å². The monoisotopic (exact) mass is 528 g/mol. The fourth-order valence-electron chi connectivity index (χ4n) is 5.68. The third-order valence-electron chi connectivity index (χ3n) is 7.88. The number of rotatable bonds is 5. The predicted octanol–water partition coefficient (Wildman–Crippen LogP) is 4.84. The number of carbonyl (C=O) groups is 1. The number of pyridine rings is 1. The molecule has 198 valence electrons. The molecule has 7 rings (SSSR count). The number of fused-ring (bicyclic) bond motifs is 2. The second kappa shape index (κ2) is 10.5. The molecule has 6 nitrogen and oxygen atoms in total. The summed E-state index contributed by atoms with van der Waals surface area (Å²) in [7, 11) is 0. The van der Waals surface area contributed by atoms with E-state index >= 15 is 0 Å². The fraction of sp³-hybridized carbons (Fsp3) is 0.176. The summed E-state index contributed by atoms with van der Waals surface area (Å²) in [4.78, 5) is 22.3. The first-order valence-electron chi connectivity index (χ1n) is 13.8. The Morgan fingerprint density at radius 2 is 1.45 bits per heavy atom. The van der Waals surface area contributed by atoms with Gasteiger partial charge >= 0.3 is 0 Å². The smallest absolute Gasteiger partial charge is 0.255 e. The SMILES string of the molecule is O=C(c1cc(-c2ccc(-c3ccccc3)cc2)nc2ccccc12)N1CC[NH+](Cc2ccc3c(c2)OCO3)CC1. The first-order valence-corrected chi connectivity index (χ1v) is 13.8. The van der Waals surface area contributed by atoms with Crippen molar-refractivity contribution in [3.63, 3.8) is 0 Å². The van der Waals surface area contributed by atoms with Crippen LogP contribution in [0, 0.1) is 0 Å². The molecule has 4 aromatic carbocycles. The lowest BCUT2D eigenvalue weighted by molar-refractivity contribution is -0.917. The number of carbonyl (C=O) groups excluding carboxylic acids is 1. The zero-order valence-corrected chi connectivity index (χ0v) is 22.2. The third kappa shape index (κ3) is 4.78. The van der Waals surface area contributed by atoms with Gasteiger partial charge in [-0.25, -0.2) is 4.98 Å². The summed E-state index contributed by atoms with van der Waals surface area (Å²) in [6.45, 7) is 4.43. The van der Waals surface area contributed by atoms with Crippen LogP contribution in [0.15, 0.2) is 103 Å². The maximum Gasteiger partial charge on any atom is 0.255 e. The Kier molecular flexibility index (Phi) is 6.38. The van der Waals surface area contributed by atoms with Crippen LogP contribution in [0.25, 0.3) is 33.3 Å². The van der Waals surface area contributed by atoms with Crippen LogP contribution in [-0.4, -0.2) is 48.8 Å². The van der Waals surface area contributed by atoms with E-state index < -0.39 is 0 Å². The quantitative estimate of drug-likeness (QED) is 0.355. The molecule has 0 saturated carbocycles. The van der Waals surface area contributed by atoms with E-state index in [1.807, 2.05) is 59.5 Å². The van der Waals surface area contributed by atoms with E-state index in [1.165, 1.54) is 16.0 Å². The van der Waals surface area contributed by atoms with Gasteiger partial charge in [-0.2, -0.15) is 0 Å². The van der Waals surface area contributed by atoms with E-state index in [9.17, 15) is 4.79 Å². The van der Waals surface area contributed by atoms with Crippen LogP contribution < -0.4 is 14.4 Å². The van der Waals surface area contributed by atoms with Crippen molar-refractivity contribution in [3.05, 3.63) is 114 Å². The minimum Gasteiger partial charge on any atom is -0.454 e. The largest absolute Gasteiger partial charge is 0.454 e. The summed E-state index contributed by atoms with van der Waals surface area (Å²) in [6.07, 6.45) is 0. The van der Waals surface area contributed by atoms with E-state index in [-0.39, 0.29) is 12.7 Å². The second-order valence-corrected chi connectivity index (χ2v) is 10.4. The molecule has 3 heterocycles. The van der Waals surface area contributed by atoms with Crippen molar-refractivity contribution in [3.8, 4) is 33.9 Å². The molecule has 1 amide bonds.